The molecule has 0 bridgehead atoms. The smallest absolute Gasteiger partial charge is 0.125 e. The Bertz CT molecular complexity index is 338. The maximum absolute atomic E-state index is 4.40. The second-order valence-corrected chi connectivity index (χ2v) is 5.01. The van der Waals surface area contributed by atoms with Crippen LogP contribution in [-0.4, -0.2) is 16.1 Å². The standard InChI is InChI=1S/C11H17N3/c1-11(3-4-11)8-13-9-2-6-14-7-5-12-10(9)14/h5,7,9,13H,2-4,6,8H2,1H3. The van der Waals surface area contributed by atoms with Gasteiger partial charge in [-0.15, -0.1) is 0 Å². The summed E-state index contributed by atoms with van der Waals surface area (Å²) >= 11 is 0. The van der Waals surface area contributed by atoms with Crippen LogP contribution in [0, 0.1) is 5.41 Å². The van der Waals surface area contributed by atoms with Gasteiger partial charge in [-0.2, -0.15) is 0 Å². The van der Waals surface area contributed by atoms with Crippen molar-refractivity contribution in [2.24, 2.45) is 5.41 Å². The molecule has 3 heteroatoms. The molecular weight excluding hydrogens is 174 g/mol. The highest BCUT2D eigenvalue weighted by Gasteiger charge is 2.38. The van der Waals surface area contributed by atoms with Crippen molar-refractivity contribution in [1.29, 1.82) is 0 Å². The third-order valence-electron chi connectivity index (χ3n) is 3.60. The Morgan fingerprint density at radius 2 is 2.50 bits per heavy atom. The Morgan fingerprint density at radius 3 is 3.29 bits per heavy atom. The van der Waals surface area contributed by atoms with Gasteiger partial charge in [0.1, 0.15) is 5.82 Å². The van der Waals surface area contributed by atoms with Crippen LogP contribution in [0.15, 0.2) is 12.4 Å². The fraction of sp³-hybridized carbons (Fsp3) is 0.727. The lowest BCUT2D eigenvalue weighted by molar-refractivity contribution is 0.435. The normalized spacial score (nSPS) is 27.6. The number of hydrogen-bond donors (Lipinski definition) is 1. The first-order valence-electron chi connectivity index (χ1n) is 5.51. The maximum Gasteiger partial charge on any atom is 0.125 e. The highest BCUT2D eigenvalue weighted by Crippen LogP contribution is 2.44. The van der Waals surface area contributed by atoms with E-state index in [1.165, 1.54) is 25.1 Å². The zero-order valence-electron chi connectivity index (χ0n) is 8.66. The third kappa shape index (κ3) is 1.36. The number of rotatable bonds is 3. The van der Waals surface area contributed by atoms with Crippen LogP contribution in [-0.2, 0) is 6.54 Å². The van der Waals surface area contributed by atoms with Gasteiger partial charge in [0.05, 0.1) is 6.04 Å². The average molecular weight is 191 g/mol. The summed E-state index contributed by atoms with van der Waals surface area (Å²) in [7, 11) is 0. The summed E-state index contributed by atoms with van der Waals surface area (Å²) in [5.74, 6) is 1.23. The molecule has 0 spiro atoms. The summed E-state index contributed by atoms with van der Waals surface area (Å²) in [5.41, 5.74) is 0.597. The quantitative estimate of drug-likeness (QED) is 0.788. The lowest BCUT2D eigenvalue weighted by atomic mass is 10.1. The van der Waals surface area contributed by atoms with Gasteiger partial charge in [-0.05, 0) is 24.7 Å². The van der Waals surface area contributed by atoms with E-state index in [9.17, 15) is 0 Å². The molecule has 1 aliphatic heterocycles. The summed E-state index contributed by atoms with van der Waals surface area (Å²) in [6.07, 6.45) is 7.97. The van der Waals surface area contributed by atoms with Gasteiger partial charge < -0.3 is 9.88 Å². The Hall–Kier alpha value is -0.830. The van der Waals surface area contributed by atoms with Crippen molar-refractivity contribution >= 4 is 0 Å². The highest BCUT2D eigenvalue weighted by molar-refractivity contribution is 5.05. The molecule has 1 fully saturated rings. The summed E-state index contributed by atoms with van der Waals surface area (Å²) in [6.45, 7) is 4.65. The van der Waals surface area contributed by atoms with Crippen LogP contribution in [0.5, 0.6) is 0 Å². The van der Waals surface area contributed by atoms with Gasteiger partial charge in [0, 0.05) is 25.5 Å². The summed E-state index contributed by atoms with van der Waals surface area (Å²) in [5, 5.41) is 3.64. The Balaban J connectivity index is 1.64. The first-order valence-corrected chi connectivity index (χ1v) is 5.51. The van der Waals surface area contributed by atoms with Gasteiger partial charge in [-0.3, -0.25) is 0 Å². The van der Waals surface area contributed by atoms with Crippen molar-refractivity contribution in [2.45, 2.75) is 38.8 Å². The average Bonchev–Trinajstić information content (AvgIpc) is 2.65. The predicted molar refractivity (Wildman–Crippen MR) is 54.9 cm³/mol. The van der Waals surface area contributed by atoms with Gasteiger partial charge in [-0.25, -0.2) is 4.98 Å². The molecule has 3 nitrogen and oxygen atoms in total. The van der Waals surface area contributed by atoms with Gasteiger partial charge in [0.25, 0.3) is 0 Å². The fourth-order valence-corrected chi connectivity index (χ4v) is 2.17. The number of fused-ring (bicyclic) bond motifs is 1. The zero-order chi connectivity index (χ0) is 9.60. The fourth-order valence-electron chi connectivity index (χ4n) is 2.17. The van der Waals surface area contributed by atoms with Crippen LogP contribution in [0.4, 0.5) is 0 Å². The van der Waals surface area contributed by atoms with E-state index >= 15 is 0 Å². The van der Waals surface area contributed by atoms with Crippen molar-refractivity contribution in [1.82, 2.24) is 14.9 Å². The number of imidazole rings is 1. The zero-order valence-corrected chi connectivity index (χ0v) is 8.66. The van der Waals surface area contributed by atoms with E-state index in [0.29, 0.717) is 11.5 Å². The molecule has 0 amide bonds. The summed E-state index contributed by atoms with van der Waals surface area (Å²) in [4.78, 5) is 4.40. The Kier molecular flexibility index (Phi) is 1.71. The van der Waals surface area contributed by atoms with Crippen molar-refractivity contribution in [3.8, 4) is 0 Å². The molecule has 1 aromatic rings. The number of aromatic nitrogens is 2. The first kappa shape index (κ1) is 8.48. The summed E-state index contributed by atoms with van der Waals surface area (Å²) < 4.78 is 2.26. The summed E-state index contributed by atoms with van der Waals surface area (Å²) in [6, 6.07) is 0.502. The minimum absolute atomic E-state index is 0.502. The molecule has 1 aliphatic carbocycles. The molecule has 14 heavy (non-hydrogen) atoms. The van der Waals surface area contributed by atoms with E-state index in [4.69, 9.17) is 0 Å². The minimum atomic E-state index is 0.502. The first-order chi connectivity index (χ1) is 6.77. The maximum atomic E-state index is 4.40. The number of hydrogen-bond acceptors (Lipinski definition) is 2. The SMILES string of the molecule is CC1(CNC2CCn3ccnc32)CC1. The molecule has 0 aromatic carbocycles. The number of aryl methyl sites for hydroxylation is 1. The van der Waals surface area contributed by atoms with Crippen LogP contribution in [0.2, 0.25) is 0 Å². The van der Waals surface area contributed by atoms with Crippen LogP contribution in [0.1, 0.15) is 38.1 Å². The monoisotopic (exact) mass is 191 g/mol. The molecule has 1 saturated carbocycles. The molecule has 1 aromatic heterocycles. The third-order valence-corrected chi connectivity index (χ3v) is 3.60. The van der Waals surface area contributed by atoms with Crippen molar-refractivity contribution in [3.63, 3.8) is 0 Å². The second kappa shape index (κ2) is 2.83. The van der Waals surface area contributed by atoms with E-state index in [1.807, 2.05) is 6.20 Å². The van der Waals surface area contributed by atoms with E-state index in [-0.39, 0.29) is 0 Å². The predicted octanol–water partition coefficient (Wildman–Crippen LogP) is 1.72. The molecule has 0 radical (unpaired) electrons. The largest absolute Gasteiger partial charge is 0.334 e. The van der Waals surface area contributed by atoms with E-state index in [1.54, 1.807) is 0 Å². The minimum Gasteiger partial charge on any atom is -0.334 e. The van der Waals surface area contributed by atoms with Crippen LogP contribution < -0.4 is 5.32 Å². The highest BCUT2D eigenvalue weighted by atomic mass is 15.1. The number of nitrogens with one attached hydrogen (secondary N) is 1. The van der Waals surface area contributed by atoms with Crippen molar-refractivity contribution in [2.75, 3.05) is 6.54 Å². The van der Waals surface area contributed by atoms with E-state index in [2.05, 4.69) is 28.0 Å². The van der Waals surface area contributed by atoms with Crippen LogP contribution >= 0.6 is 0 Å². The van der Waals surface area contributed by atoms with E-state index < -0.39 is 0 Å². The van der Waals surface area contributed by atoms with Gasteiger partial charge in [-0.1, -0.05) is 6.92 Å². The molecule has 76 valence electrons. The molecule has 1 N–H and O–H groups in total. The van der Waals surface area contributed by atoms with Gasteiger partial charge in [0.15, 0.2) is 0 Å². The molecule has 1 atom stereocenters. The van der Waals surface area contributed by atoms with Gasteiger partial charge in [0.2, 0.25) is 0 Å². The van der Waals surface area contributed by atoms with Crippen molar-refractivity contribution in [3.05, 3.63) is 18.2 Å². The second-order valence-electron chi connectivity index (χ2n) is 5.01. The van der Waals surface area contributed by atoms with E-state index in [0.717, 1.165) is 13.1 Å². The molecule has 1 unspecified atom stereocenters. The lowest BCUT2D eigenvalue weighted by Crippen LogP contribution is -2.26. The topological polar surface area (TPSA) is 29.9 Å². The number of nitrogens with zero attached hydrogens (tertiary/aromatic N) is 2. The van der Waals surface area contributed by atoms with Crippen LogP contribution in [0.3, 0.4) is 0 Å². The van der Waals surface area contributed by atoms with Crippen molar-refractivity contribution < 1.29 is 0 Å². The van der Waals surface area contributed by atoms with Gasteiger partial charge >= 0.3 is 0 Å². The molecule has 2 heterocycles. The lowest BCUT2D eigenvalue weighted by Gasteiger charge is -2.14. The molecular formula is C11H17N3. The molecule has 3 rings (SSSR count). The Labute approximate surface area is 84.5 Å². The van der Waals surface area contributed by atoms with Crippen LogP contribution in [0.25, 0.3) is 0 Å². The molecule has 2 aliphatic rings. The Morgan fingerprint density at radius 1 is 1.64 bits per heavy atom. The molecule has 0 saturated heterocycles.